The van der Waals surface area contributed by atoms with E-state index in [0.29, 0.717) is 22.6 Å². The topological polar surface area (TPSA) is 125 Å². The number of cyclic esters (lactones) is 1. The maximum absolute atomic E-state index is 14.4. The minimum atomic E-state index is -1.67. The van der Waals surface area contributed by atoms with Crippen LogP contribution in [0.25, 0.3) is 0 Å². The van der Waals surface area contributed by atoms with E-state index < -0.39 is 53.4 Å². The second kappa shape index (κ2) is 10.9. The molecule has 3 N–H and O–H groups in total. The molecule has 6 unspecified atom stereocenters. The number of carbonyl (C=O) groups is 3. The second-order valence-corrected chi connectivity index (χ2v) is 11.2. The molecule has 0 saturated carbocycles. The van der Waals surface area contributed by atoms with Gasteiger partial charge in [0.15, 0.2) is 0 Å². The lowest BCUT2D eigenvalue weighted by Crippen LogP contribution is -2.52. The van der Waals surface area contributed by atoms with Gasteiger partial charge in [0.25, 0.3) is 0 Å². The number of hydrogen-bond acceptors (Lipinski definition) is 7. The molecule has 4 aromatic rings. The van der Waals surface area contributed by atoms with Gasteiger partial charge in [-0.15, -0.1) is 0 Å². The first-order valence-corrected chi connectivity index (χ1v) is 14.5. The van der Waals surface area contributed by atoms with Crippen LogP contribution in [0.1, 0.15) is 40.4 Å². The molecule has 9 nitrogen and oxygen atoms in total. The van der Waals surface area contributed by atoms with Gasteiger partial charge in [0.1, 0.15) is 35.8 Å². The molecule has 6 atom stereocenters. The van der Waals surface area contributed by atoms with Crippen molar-refractivity contribution in [3.63, 3.8) is 0 Å². The lowest BCUT2D eigenvalue weighted by Gasteiger charge is -2.46. The molecular weight excluding hydrogens is 560 g/mol. The summed E-state index contributed by atoms with van der Waals surface area (Å²) in [7, 11) is 0. The van der Waals surface area contributed by atoms with Gasteiger partial charge in [-0.2, -0.15) is 0 Å². The summed E-state index contributed by atoms with van der Waals surface area (Å²) in [4.78, 5) is 43.9. The number of aliphatic hydroxyl groups is 1. The van der Waals surface area contributed by atoms with Crippen molar-refractivity contribution in [1.29, 1.82) is 0 Å². The number of nitrogens with one attached hydrogen (secondary N) is 1. The number of hydrogen-bond donors (Lipinski definition) is 3. The Labute approximate surface area is 253 Å². The van der Waals surface area contributed by atoms with Crippen molar-refractivity contribution < 1.29 is 34.1 Å². The van der Waals surface area contributed by atoms with E-state index in [0.717, 1.165) is 11.1 Å². The minimum absolute atomic E-state index is 0.110. The zero-order chi connectivity index (χ0) is 30.4. The molecule has 4 aromatic carbocycles. The van der Waals surface area contributed by atoms with Gasteiger partial charge in [-0.3, -0.25) is 19.3 Å². The average Bonchev–Trinajstić information content (AvgIpc) is 3.53. The summed E-state index contributed by atoms with van der Waals surface area (Å²) in [5.74, 6) is -3.39. The highest BCUT2D eigenvalue weighted by Crippen LogP contribution is 2.64. The molecule has 7 rings (SSSR count). The van der Waals surface area contributed by atoms with Gasteiger partial charge in [-0.25, -0.2) is 0 Å². The molecular formula is C35H30N2O7. The van der Waals surface area contributed by atoms with Crippen LogP contribution in [-0.2, 0) is 24.5 Å². The number of ether oxygens (including phenoxy) is 2. The Balaban J connectivity index is 1.52. The zero-order valence-corrected chi connectivity index (χ0v) is 23.6. The Morgan fingerprint density at radius 2 is 1.45 bits per heavy atom. The van der Waals surface area contributed by atoms with Crippen LogP contribution in [0.2, 0.25) is 0 Å². The van der Waals surface area contributed by atoms with E-state index in [1.165, 1.54) is 0 Å². The number of anilines is 1. The first-order chi connectivity index (χ1) is 21.5. The summed E-state index contributed by atoms with van der Waals surface area (Å²) in [6, 6.07) is 30.3. The van der Waals surface area contributed by atoms with Crippen LogP contribution in [0.15, 0.2) is 109 Å². The number of amides is 1. The number of carboxylic acid groups (broad SMARTS) is 1. The lowest BCUT2D eigenvalue weighted by molar-refractivity contribution is -0.179. The minimum Gasteiger partial charge on any atom is -0.491 e. The first kappa shape index (κ1) is 27.8. The molecule has 3 aliphatic rings. The van der Waals surface area contributed by atoms with Gasteiger partial charge >= 0.3 is 11.9 Å². The van der Waals surface area contributed by atoms with Crippen molar-refractivity contribution in [3.05, 3.63) is 131 Å². The number of aliphatic hydroxyl groups excluding tert-OH is 1. The molecule has 1 spiro atoms. The van der Waals surface area contributed by atoms with Crippen molar-refractivity contribution >= 4 is 23.5 Å². The molecule has 0 bridgehead atoms. The average molecular weight is 591 g/mol. The molecule has 3 aliphatic heterocycles. The molecule has 222 valence electrons. The number of fused-ring (bicyclic) bond motifs is 3. The number of carbonyl (C=O) groups excluding carboxylic acids is 2. The van der Waals surface area contributed by atoms with Crippen molar-refractivity contribution in [1.82, 2.24) is 4.90 Å². The van der Waals surface area contributed by atoms with Gasteiger partial charge in [0, 0.05) is 5.69 Å². The molecule has 0 aromatic heterocycles. The van der Waals surface area contributed by atoms with Gasteiger partial charge in [-0.1, -0.05) is 91.0 Å². The van der Waals surface area contributed by atoms with E-state index >= 15 is 0 Å². The third kappa shape index (κ3) is 4.11. The predicted octanol–water partition coefficient (Wildman–Crippen LogP) is 4.41. The summed E-state index contributed by atoms with van der Waals surface area (Å²) in [6.07, 6.45) is -0.777. The van der Waals surface area contributed by atoms with Crippen LogP contribution in [0.5, 0.6) is 5.75 Å². The standard InChI is InChI=1S/C35H30N2O7/c38-19-20-43-24-17-15-23(16-18-24)31-35(25-13-7-8-14-26(25)36-34(35)42)27(32(39)40)29-33(41)44-30(22-11-5-2-6-12-22)28(37(29)31)21-9-3-1-4-10-21/h1-18,27-31,38H,19-20H2,(H,36,42)(H,39,40). The van der Waals surface area contributed by atoms with E-state index in [1.807, 2.05) is 65.6 Å². The molecule has 3 heterocycles. The highest BCUT2D eigenvalue weighted by atomic mass is 16.6. The van der Waals surface area contributed by atoms with E-state index in [4.69, 9.17) is 9.47 Å². The third-order valence-corrected chi connectivity index (χ3v) is 9.04. The number of morpholine rings is 1. The number of aliphatic carboxylic acids is 1. The van der Waals surface area contributed by atoms with E-state index in [2.05, 4.69) is 5.32 Å². The number of nitrogens with zero attached hydrogens (tertiary/aromatic N) is 1. The van der Waals surface area contributed by atoms with Crippen LogP contribution in [0.3, 0.4) is 0 Å². The highest BCUT2D eigenvalue weighted by Gasteiger charge is 2.74. The maximum atomic E-state index is 14.4. The first-order valence-electron chi connectivity index (χ1n) is 14.5. The quantitative estimate of drug-likeness (QED) is 0.270. The summed E-state index contributed by atoms with van der Waals surface area (Å²) in [5.41, 5.74) is 1.58. The van der Waals surface area contributed by atoms with Crippen molar-refractivity contribution in [2.45, 2.75) is 29.6 Å². The van der Waals surface area contributed by atoms with E-state index in [-0.39, 0.29) is 13.2 Å². The normalized spacial score (nSPS) is 27.3. The molecule has 0 aliphatic carbocycles. The van der Waals surface area contributed by atoms with Gasteiger partial charge in [0.05, 0.1) is 18.7 Å². The summed E-state index contributed by atoms with van der Waals surface area (Å²) >= 11 is 0. The Morgan fingerprint density at radius 1 is 0.818 bits per heavy atom. The van der Waals surface area contributed by atoms with E-state index in [1.54, 1.807) is 48.5 Å². The Kier molecular flexibility index (Phi) is 6.91. The summed E-state index contributed by atoms with van der Waals surface area (Å²) in [6.45, 7) is -0.0413. The van der Waals surface area contributed by atoms with Gasteiger partial charge in [0.2, 0.25) is 5.91 Å². The van der Waals surface area contributed by atoms with Crippen molar-refractivity contribution in [2.24, 2.45) is 5.92 Å². The maximum Gasteiger partial charge on any atom is 0.325 e. The lowest BCUT2D eigenvalue weighted by atomic mass is 9.65. The fourth-order valence-corrected chi connectivity index (χ4v) is 7.44. The Morgan fingerprint density at radius 3 is 2.11 bits per heavy atom. The smallest absolute Gasteiger partial charge is 0.325 e. The van der Waals surface area contributed by atoms with Gasteiger partial charge < -0.3 is 25.0 Å². The van der Waals surface area contributed by atoms with Crippen molar-refractivity contribution in [3.8, 4) is 5.75 Å². The zero-order valence-electron chi connectivity index (χ0n) is 23.6. The molecule has 0 radical (unpaired) electrons. The van der Waals surface area contributed by atoms with Gasteiger partial charge in [-0.05, 0) is 40.5 Å². The number of para-hydroxylation sites is 1. The molecule has 1 amide bonds. The van der Waals surface area contributed by atoms with Crippen LogP contribution in [0.4, 0.5) is 5.69 Å². The predicted molar refractivity (Wildman–Crippen MR) is 160 cm³/mol. The molecule has 2 fully saturated rings. The number of benzene rings is 4. The van der Waals surface area contributed by atoms with Crippen LogP contribution in [-0.4, -0.2) is 52.2 Å². The SMILES string of the molecule is O=C1OC(c2ccccc2)C(c2ccccc2)N2C1C(C(=O)O)C1(C(=O)Nc3ccccc31)C2c1ccc(OCCO)cc1. The van der Waals surface area contributed by atoms with Crippen LogP contribution in [0, 0.1) is 5.92 Å². The highest BCUT2D eigenvalue weighted by molar-refractivity contribution is 6.11. The van der Waals surface area contributed by atoms with E-state index in [9.17, 15) is 24.6 Å². The molecule has 9 heteroatoms. The monoisotopic (exact) mass is 590 g/mol. The Bertz CT molecular complexity index is 1710. The summed E-state index contributed by atoms with van der Waals surface area (Å²) < 4.78 is 11.8. The number of rotatable bonds is 7. The van der Waals surface area contributed by atoms with Crippen LogP contribution >= 0.6 is 0 Å². The fourth-order valence-electron chi connectivity index (χ4n) is 7.44. The van der Waals surface area contributed by atoms with Crippen LogP contribution < -0.4 is 10.1 Å². The number of carboxylic acids is 1. The largest absolute Gasteiger partial charge is 0.491 e. The van der Waals surface area contributed by atoms with Crippen molar-refractivity contribution in [2.75, 3.05) is 18.5 Å². The molecule has 2 saturated heterocycles. The fraction of sp³-hybridized carbons (Fsp3) is 0.229. The number of esters is 1. The third-order valence-electron chi connectivity index (χ3n) is 9.04. The molecule has 44 heavy (non-hydrogen) atoms. The summed E-state index contributed by atoms with van der Waals surface area (Å²) in [5, 5.41) is 23.1. The second-order valence-electron chi connectivity index (χ2n) is 11.2. The Hall–Kier alpha value is -4.99.